The Labute approximate surface area is 379 Å². The van der Waals surface area contributed by atoms with E-state index in [1.165, 1.54) is 6.42 Å². The van der Waals surface area contributed by atoms with E-state index in [0.717, 1.165) is 41.9 Å². The van der Waals surface area contributed by atoms with Gasteiger partial charge in [0.15, 0.2) is 0 Å². The van der Waals surface area contributed by atoms with E-state index in [4.69, 9.17) is 0 Å². The standard InChI is InChI=1S/2C5H5.C5H8.C4H10.2C4H7.C3H6.3CH3.9V/c2*1-4-2-5(1)3-4;1-5-3-2-4-5;3*1-4(2)3;1-3-2;;;;;;;;;;;;/h2*1-5H;3-5H,2H2,1H3;4H,1-3H3;2*4H,1-3H2;1-3H2;3*1H3;;;;;;;;;/q2*-3;-2;;2*-3;-2;3*-1;;;;;;;;2*+2. The second kappa shape index (κ2) is 61.5. The largest absolute Gasteiger partial charge is 2.00 e. The van der Waals surface area contributed by atoms with Crippen molar-refractivity contribution in [3.63, 3.8) is 0 Å². The Kier molecular flexibility index (Phi) is 134. The van der Waals surface area contributed by atoms with Crippen molar-refractivity contribution < 1.29 is 167 Å². The summed E-state index contributed by atoms with van der Waals surface area (Å²) in [5.74, 6) is 5.15. The molecule has 0 amide bonds. The zero-order valence-corrected chi connectivity index (χ0v) is 39.9. The van der Waals surface area contributed by atoms with E-state index in [0.29, 0.717) is 0 Å². The Hall–Kier alpha value is 5.26. The smallest absolute Gasteiger partial charge is 0.451 e. The van der Waals surface area contributed by atoms with Gasteiger partial charge in [0, 0.05) is 130 Å². The van der Waals surface area contributed by atoms with Crippen LogP contribution in [-0.2, 0) is 167 Å². The van der Waals surface area contributed by atoms with Crippen molar-refractivity contribution in [3.05, 3.63) is 129 Å². The minimum Gasteiger partial charge on any atom is -0.451 e. The van der Waals surface area contributed by atoms with Gasteiger partial charge < -0.3 is 183 Å². The molecule has 0 atom stereocenters. The molecule has 9 heteroatoms. The Morgan fingerprint density at radius 3 is 0.595 bits per heavy atom. The van der Waals surface area contributed by atoms with E-state index in [1.807, 2.05) is 0 Å². The van der Waals surface area contributed by atoms with Crippen molar-refractivity contribution in [1.82, 2.24) is 0 Å². The van der Waals surface area contributed by atoms with Crippen LogP contribution in [0.2, 0.25) is 0 Å². The van der Waals surface area contributed by atoms with Gasteiger partial charge >= 0.3 is 37.1 Å². The fourth-order valence-electron chi connectivity index (χ4n) is 1.84. The molecule has 0 N–H and O–H groups in total. The van der Waals surface area contributed by atoms with Gasteiger partial charge in [-0.15, -0.1) is 6.92 Å². The molecule has 0 aromatic rings. The molecule has 7 fully saturated rings. The third-order valence-corrected chi connectivity index (χ3v) is 3.68. The SMILES string of the molecule is CC(C)C.CC1[CH-]C[CH-]1.[CH-]1C2[CH-]C1[CH-]2.[CH-]1C2[CH-]C1[CH-]2.[CH2-]C([CH2-])[CH2-].[CH2-]C([CH2-])[CH2-].[CH2-]C[CH2-].[CH3-].[CH3-].[CH3-].[V+2].[V+2].[V].[V].[V].[V].[V].[V].[V]. The van der Waals surface area contributed by atoms with Crippen LogP contribution in [0.1, 0.15) is 40.5 Å². The molecule has 7 saturated carbocycles. The summed E-state index contributed by atoms with van der Waals surface area (Å²) < 4.78 is 0. The molecule has 4 bridgehead atoms. The van der Waals surface area contributed by atoms with Crippen LogP contribution in [-0.4, -0.2) is 0 Å². The monoisotopic (exact) mass is 912 g/mol. The zero-order chi connectivity index (χ0) is 23.7. The van der Waals surface area contributed by atoms with Crippen molar-refractivity contribution in [2.24, 2.45) is 47.3 Å². The number of hydrogen-bond acceptors (Lipinski definition) is 0. The first-order valence-corrected chi connectivity index (χ1v) is 11.2. The van der Waals surface area contributed by atoms with Gasteiger partial charge in [-0.3, -0.25) is 0 Å². The molecular weight excluding hydrogens is 855 g/mol. The van der Waals surface area contributed by atoms with Crippen LogP contribution < -0.4 is 0 Å². The Bertz CT molecular complexity index is 281. The average molecular weight is 912 g/mol. The van der Waals surface area contributed by atoms with Crippen LogP contribution in [0.15, 0.2) is 0 Å². The maximum absolute atomic E-state index is 3.42. The molecule has 0 aromatic heterocycles. The van der Waals surface area contributed by atoms with Crippen molar-refractivity contribution in [2.75, 3.05) is 0 Å². The van der Waals surface area contributed by atoms with Gasteiger partial charge in [0.25, 0.3) is 0 Å². The summed E-state index contributed by atoms with van der Waals surface area (Å²) in [4.78, 5) is 0. The van der Waals surface area contributed by atoms with Gasteiger partial charge in [0.05, 0.1) is 0 Å². The maximum atomic E-state index is 3.42. The molecule has 9 radical (unpaired) electrons. The maximum Gasteiger partial charge on any atom is 2.00 e. The molecule has 7 aliphatic rings. The Balaban J connectivity index is -0.0000000174. The topological polar surface area (TPSA) is 0 Å². The summed E-state index contributed by atoms with van der Waals surface area (Å²) in [6.45, 7) is 35.9. The summed E-state index contributed by atoms with van der Waals surface area (Å²) >= 11 is 0. The fraction of sp³-hybridized carbons (Fsp3) is 0.424. The summed E-state index contributed by atoms with van der Waals surface area (Å²) in [6, 6.07) is 0. The molecule has 0 saturated heterocycles. The van der Waals surface area contributed by atoms with Crippen LogP contribution in [0.3, 0.4) is 0 Å². The Morgan fingerprint density at radius 2 is 0.595 bits per heavy atom. The first-order chi connectivity index (χ1) is 13.9. The number of rotatable bonds is 0. The van der Waals surface area contributed by atoms with Crippen LogP contribution in [0, 0.1) is 176 Å². The van der Waals surface area contributed by atoms with Gasteiger partial charge in [-0.2, -0.15) is 0 Å². The third kappa shape index (κ3) is 71.3. The molecule has 0 nitrogen and oxygen atoms in total. The number of hydrogen-bond donors (Lipinski definition) is 0. The normalized spacial score (nSPS) is 19.8. The van der Waals surface area contributed by atoms with Gasteiger partial charge in [0.1, 0.15) is 0 Å². The minimum atomic E-state index is 0. The summed E-state index contributed by atoms with van der Waals surface area (Å²) in [6.07, 6.45) is 20.6. The molecule has 0 heterocycles. The second-order valence-electron chi connectivity index (χ2n) is 8.85. The molecule has 7 rings (SSSR count). The van der Waals surface area contributed by atoms with Gasteiger partial charge in [0.2, 0.25) is 0 Å². The van der Waals surface area contributed by atoms with Crippen molar-refractivity contribution >= 4 is 0 Å². The molecule has 42 heavy (non-hydrogen) atoms. The molecule has 249 valence electrons. The summed E-state index contributed by atoms with van der Waals surface area (Å²) in [5.41, 5.74) is 0. The first kappa shape index (κ1) is 91.4. The van der Waals surface area contributed by atoms with E-state index >= 15 is 0 Å². The quantitative estimate of drug-likeness (QED) is 0.213. The average Bonchev–Trinajstić information content (AvgIpc) is 2.26. The summed E-state index contributed by atoms with van der Waals surface area (Å²) in [7, 11) is 0. The van der Waals surface area contributed by atoms with Crippen molar-refractivity contribution in [1.29, 1.82) is 0 Å². The fourth-order valence-corrected chi connectivity index (χ4v) is 1.84. The van der Waals surface area contributed by atoms with E-state index in [9.17, 15) is 0 Å². The van der Waals surface area contributed by atoms with E-state index in [-0.39, 0.29) is 201 Å². The minimum absolute atomic E-state index is 0. The van der Waals surface area contributed by atoms with Crippen LogP contribution >= 0.6 is 0 Å². The van der Waals surface area contributed by atoms with Gasteiger partial charge in [-0.25, -0.2) is 0 Å². The molecule has 0 spiro atoms. The molecule has 0 aromatic carbocycles. The predicted molar refractivity (Wildman–Crippen MR) is 156 cm³/mol. The van der Waals surface area contributed by atoms with Gasteiger partial charge in [-0.05, 0) is 5.92 Å². The molecular formula is C33H57V9-15. The zero-order valence-electron chi connectivity index (χ0n) is 27.3. The van der Waals surface area contributed by atoms with Crippen LogP contribution in [0.4, 0.5) is 0 Å². The first-order valence-electron chi connectivity index (χ1n) is 11.2. The predicted octanol–water partition coefficient (Wildman–Crippen LogP) is 9.40. The van der Waals surface area contributed by atoms with E-state index in [2.05, 4.69) is 134 Å². The van der Waals surface area contributed by atoms with Crippen LogP contribution in [0.25, 0.3) is 0 Å². The Morgan fingerprint density at radius 1 is 0.524 bits per heavy atom. The van der Waals surface area contributed by atoms with Crippen LogP contribution in [0.5, 0.6) is 0 Å². The molecule has 0 unspecified atom stereocenters. The van der Waals surface area contributed by atoms with E-state index < -0.39 is 0 Å². The second-order valence-corrected chi connectivity index (χ2v) is 8.85. The van der Waals surface area contributed by atoms with E-state index in [1.54, 1.807) is 0 Å². The summed E-state index contributed by atoms with van der Waals surface area (Å²) in [5, 5.41) is 0. The molecule has 7 aliphatic carbocycles. The van der Waals surface area contributed by atoms with Gasteiger partial charge in [-0.1, -0.05) is 20.8 Å². The van der Waals surface area contributed by atoms with Crippen molar-refractivity contribution in [3.8, 4) is 0 Å². The van der Waals surface area contributed by atoms with Crippen molar-refractivity contribution in [2.45, 2.75) is 40.5 Å². The third-order valence-electron chi connectivity index (χ3n) is 3.68. The molecule has 0 aliphatic heterocycles.